The van der Waals surface area contributed by atoms with Gasteiger partial charge in [-0.3, -0.25) is 0 Å². The predicted octanol–water partition coefficient (Wildman–Crippen LogP) is 4.14. The molecule has 1 aromatic carbocycles. The molecule has 142 valence electrons. The van der Waals surface area contributed by atoms with Gasteiger partial charge in [0, 0.05) is 12.5 Å². The molecule has 1 unspecified atom stereocenters. The molecule has 0 aromatic heterocycles. The third-order valence-corrected chi connectivity index (χ3v) is 3.64. The Bertz CT molecular complexity index is 460. The molecule has 0 aliphatic rings. The number of hydrogen-bond donors (Lipinski definition) is 3. The van der Waals surface area contributed by atoms with Gasteiger partial charge in [0.15, 0.2) is 0 Å². The van der Waals surface area contributed by atoms with Gasteiger partial charge in [-0.1, -0.05) is 70.2 Å². The number of aliphatic hydroxyl groups excluding tert-OH is 1. The van der Waals surface area contributed by atoms with Crippen LogP contribution in [0.3, 0.4) is 0 Å². The lowest BCUT2D eigenvalue weighted by Crippen LogP contribution is -2.39. The maximum absolute atomic E-state index is 10.2. The van der Waals surface area contributed by atoms with E-state index in [0.29, 0.717) is 12.2 Å². The number of carbonyl (C=O) groups is 1. The fourth-order valence-corrected chi connectivity index (χ4v) is 2.23. The van der Waals surface area contributed by atoms with Crippen LogP contribution in [0.5, 0.6) is 5.75 Å². The van der Waals surface area contributed by atoms with Crippen molar-refractivity contribution in [2.45, 2.75) is 64.1 Å². The average molecular weight is 352 g/mol. The summed E-state index contributed by atoms with van der Waals surface area (Å²) in [7, 11) is 0. The lowest BCUT2D eigenvalue weighted by Gasteiger charge is -2.27. The average Bonchev–Trinajstić information content (AvgIpc) is 2.62. The monoisotopic (exact) mass is 352 g/mol. The molecule has 0 bridgehead atoms. The van der Waals surface area contributed by atoms with Crippen molar-refractivity contribution in [2.75, 3.05) is 6.61 Å². The smallest absolute Gasteiger partial charge is 0.327 e. The summed E-state index contributed by atoms with van der Waals surface area (Å²) in [6.07, 6.45) is 9.54. The van der Waals surface area contributed by atoms with Gasteiger partial charge in [-0.2, -0.15) is 0 Å². The van der Waals surface area contributed by atoms with Crippen molar-refractivity contribution in [1.82, 2.24) is 0 Å². The third-order valence-electron chi connectivity index (χ3n) is 3.64. The van der Waals surface area contributed by atoms with Crippen LogP contribution in [-0.4, -0.2) is 33.7 Å². The van der Waals surface area contributed by atoms with E-state index >= 15 is 0 Å². The molecule has 0 amide bonds. The van der Waals surface area contributed by atoms with E-state index in [2.05, 4.69) is 13.5 Å². The Hall–Kier alpha value is -1.85. The van der Waals surface area contributed by atoms with E-state index in [1.54, 1.807) is 12.1 Å². The summed E-state index contributed by atoms with van der Waals surface area (Å²) in [6, 6.07) is 9.15. The van der Waals surface area contributed by atoms with Gasteiger partial charge < -0.3 is 20.1 Å². The van der Waals surface area contributed by atoms with Crippen LogP contribution >= 0.6 is 0 Å². The summed E-state index contributed by atoms with van der Waals surface area (Å²) in [5.41, 5.74) is 0. The van der Waals surface area contributed by atoms with E-state index in [0.717, 1.165) is 18.9 Å². The Labute approximate surface area is 151 Å². The molecule has 5 heteroatoms. The minimum atomic E-state index is -1.45. The van der Waals surface area contributed by atoms with Gasteiger partial charge in [-0.05, 0) is 18.6 Å². The first-order valence-electron chi connectivity index (χ1n) is 8.90. The number of ether oxygens (including phenoxy) is 1. The second-order valence-corrected chi connectivity index (χ2v) is 5.93. The van der Waals surface area contributed by atoms with Crippen molar-refractivity contribution in [3.63, 3.8) is 0 Å². The van der Waals surface area contributed by atoms with E-state index in [9.17, 15) is 15.0 Å². The standard InChI is InChI=1S/C17H28O3.C3H4O2/c1-2-3-4-5-6-7-11-14-17(19,15-18)20-16-12-9-8-10-13-16;1-2-3(4)5/h8-10,12-13,18-19H,2-7,11,14-15H2,1H3;2H,1H2,(H,4,5). The summed E-state index contributed by atoms with van der Waals surface area (Å²) < 4.78 is 5.50. The number of para-hydroxylation sites is 1. The van der Waals surface area contributed by atoms with Crippen molar-refractivity contribution in [3.05, 3.63) is 43.0 Å². The quantitative estimate of drug-likeness (QED) is 0.299. The van der Waals surface area contributed by atoms with Crippen LogP contribution in [0.1, 0.15) is 58.3 Å². The van der Waals surface area contributed by atoms with Crippen LogP contribution in [-0.2, 0) is 4.79 Å². The molecule has 3 N–H and O–H groups in total. The first-order valence-corrected chi connectivity index (χ1v) is 8.90. The second kappa shape index (κ2) is 14.5. The Morgan fingerprint density at radius 1 is 1.12 bits per heavy atom. The molecule has 0 aliphatic heterocycles. The lowest BCUT2D eigenvalue weighted by atomic mass is 10.0. The number of carboxylic acid groups (broad SMARTS) is 1. The van der Waals surface area contributed by atoms with Crippen LogP contribution in [0.25, 0.3) is 0 Å². The number of aliphatic hydroxyl groups is 2. The molecule has 25 heavy (non-hydrogen) atoms. The van der Waals surface area contributed by atoms with Gasteiger partial charge in [0.25, 0.3) is 0 Å². The first-order chi connectivity index (χ1) is 12.0. The molecule has 1 atom stereocenters. The van der Waals surface area contributed by atoms with Crippen molar-refractivity contribution >= 4 is 5.97 Å². The number of aliphatic carboxylic acids is 1. The summed E-state index contributed by atoms with van der Waals surface area (Å²) in [5.74, 6) is -1.85. The predicted molar refractivity (Wildman–Crippen MR) is 99.5 cm³/mol. The molecular formula is C20H32O5. The molecule has 0 saturated carbocycles. The maximum Gasteiger partial charge on any atom is 0.327 e. The van der Waals surface area contributed by atoms with Crippen LogP contribution in [0, 0.1) is 0 Å². The highest BCUT2D eigenvalue weighted by atomic mass is 16.6. The van der Waals surface area contributed by atoms with Crippen LogP contribution in [0.4, 0.5) is 0 Å². The fourth-order valence-electron chi connectivity index (χ4n) is 2.23. The number of benzene rings is 1. The molecule has 0 spiro atoms. The normalized spacial score (nSPS) is 12.4. The first kappa shape index (κ1) is 23.1. The van der Waals surface area contributed by atoms with Gasteiger partial charge in [0.05, 0.1) is 0 Å². The number of unbranched alkanes of at least 4 members (excludes halogenated alkanes) is 6. The zero-order chi connectivity index (χ0) is 19.0. The minimum absolute atomic E-state index is 0.377. The van der Waals surface area contributed by atoms with Crippen LogP contribution in [0.15, 0.2) is 43.0 Å². The van der Waals surface area contributed by atoms with Gasteiger partial charge in [0.2, 0.25) is 5.79 Å². The van der Waals surface area contributed by atoms with Gasteiger partial charge in [-0.15, -0.1) is 0 Å². The Kier molecular flexibility index (Phi) is 13.4. The van der Waals surface area contributed by atoms with E-state index in [-0.39, 0.29) is 6.61 Å². The van der Waals surface area contributed by atoms with Crippen molar-refractivity contribution in [2.24, 2.45) is 0 Å². The Morgan fingerprint density at radius 2 is 1.64 bits per heavy atom. The largest absolute Gasteiger partial charge is 0.478 e. The van der Waals surface area contributed by atoms with E-state index in [1.165, 1.54) is 32.1 Å². The molecule has 0 aliphatic carbocycles. The lowest BCUT2D eigenvalue weighted by molar-refractivity contribution is -0.170. The minimum Gasteiger partial charge on any atom is -0.478 e. The summed E-state index contributed by atoms with van der Waals surface area (Å²) in [4.78, 5) is 9.25. The topological polar surface area (TPSA) is 87.0 Å². The molecule has 5 nitrogen and oxygen atoms in total. The van der Waals surface area contributed by atoms with Crippen LogP contribution < -0.4 is 4.74 Å². The highest BCUT2D eigenvalue weighted by molar-refractivity contribution is 5.78. The Morgan fingerprint density at radius 3 is 2.12 bits per heavy atom. The van der Waals surface area contributed by atoms with Crippen molar-refractivity contribution in [3.8, 4) is 5.75 Å². The molecule has 1 rings (SSSR count). The van der Waals surface area contributed by atoms with Gasteiger partial charge >= 0.3 is 5.97 Å². The van der Waals surface area contributed by atoms with Gasteiger partial charge in [0.1, 0.15) is 12.4 Å². The third kappa shape index (κ3) is 13.2. The van der Waals surface area contributed by atoms with Crippen LogP contribution in [0.2, 0.25) is 0 Å². The number of rotatable bonds is 12. The number of carboxylic acids is 1. The summed E-state index contributed by atoms with van der Waals surface area (Å²) in [5, 5.41) is 27.2. The van der Waals surface area contributed by atoms with E-state index < -0.39 is 11.8 Å². The molecule has 0 heterocycles. The fraction of sp³-hybridized carbons (Fsp3) is 0.550. The summed E-state index contributed by atoms with van der Waals surface area (Å²) >= 11 is 0. The molecular weight excluding hydrogens is 320 g/mol. The molecule has 1 aromatic rings. The second-order valence-electron chi connectivity index (χ2n) is 5.93. The highest BCUT2D eigenvalue weighted by Gasteiger charge is 2.27. The number of hydrogen-bond acceptors (Lipinski definition) is 4. The van der Waals surface area contributed by atoms with E-state index in [1.807, 2.05) is 18.2 Å². The van der Waals surface area contributed by atoms with Crippen molar-refractivity contribution in [1.29, 1.82) is 0 Å². The summed E-state index contributed by atoms with van der Waals surface area (Å²) in [6.45, 7) is 4.79. The zero-order valence-corrected chi connectivity index (χ0v) is 15.2. The molecule has 0 fully saturated rings. The SMILES string of the molecule is C=CC(=O)O.CCCCCCCCCC(O)(CO)Oc1ccccc1. The maximum atomic E-state index is 10.2. The van der Waals surface area contributed by atoms with Crippen molar-refractivity contribution < 1.29 is 24.9 Å². The van der Waals surface area contributed by atoms with Gasteiger partial charge in [-0.25, -0.2) is 4.79 Å². The molecule has 0 saturated heterocycles. The molecule has 0 radical (unpaired) electrons. The highest BCUT2D eigenvalue weighted by Crippen LogP contribution is 2.21. The Balaban J connectivity index is 0.00000101. The van der Waals surface area contributed by atoms with E-state index in [4.69, 9.17) is 9.84 Å². The zero-order valence-electron chi connectivity index (χ0n) is 15.2.